The number of ether oxygens (including phenoxy) is 1. The van der Waals surface area contributed by atoms with Crippen LogP contribution in [0.4, 0.5) is 0 Å². The highest BCUT2D eigenvalue weighted by atomic mass is 79.9. The van der Waals surface area contributed by atoms with Gasteiger partial charge in [-0.05, 0) is 46.3 Å². The van der Waals surface area contributed by atoms with Crippen molar-refractivity contribution >= 4 is 50.9 Å². The first-order valence-corrected chi connectivity index (χ1v) is 7.88. The van der Waals surface area contributed by atoms with Crippen LogP contribution in [0.2, 0.25) is 10.0 Å². The molecule has 23 heavy (non-hydrogen) atoms. The second-order valence-corrected chi connectivity index (χ2v) is 5.98. The Balaban J connectivity index is 1.92. The van der Waals surface area contributed by atoms with Crippen LogP contribution in [0.15, 0.2) is 52.1 Å². The molecule has 120 valence electrons. The normalized spacial score (nSPS) is 11.2. The minimum absolute atomic E-state index is 0.00313. The molecule has 5 nitrogen and oxygen atoms in total. The predicted molar refractivity (Wildman–Crippen MR) is 92.9 cm³/mol. The number of halogens is 3. The standard InChI is InChI=1S/C15H11BrCl2N2O3/c16-11-7-9(17)5-6-13(11)22-8-14(21)23-20-15(19)10-3-1-2-4-12(10)18/h1-7H,8H2,(H2,19,20). The van der Waals surface area contributed by atoms with Crippen molar-refractivity contribution in [3.63, 3.8) is 0 Å². The molecule has 2 N–H and O–H groups in total. The minimum Gasteiger partial charge on any atom is -0.481 e. The molecule has 0 bridgehead atoms. The number of nitrogens with zero attached hydrogens (tertiary/aromatic N) is 1. The number of hydrogen-bond acceptors (Lipinski definition) is 4. The van der Waals surface area contributed by atoms with Crippen molar-refractivity contribution in [3.05, 3.63) is 62.5 Å². The van der Waals surface area contributed by atoms with Crippen molar-refractivity contribution in [1.29, 1.82) is 0 Å². The fourth-order valence-corrected chi connectivity index (χ4v) is 2.60. The fourth-order valence-electron chi connectivity index (χ4n) is 1.57. The lowest BCUT2D eigenvalue weighted by Crippen LogP contribution is -2.18. The SMILES string of the molecule is N/C(=N\OC(=O)COc1ccc(Cl)cc1Br)c1ccccc1Cl. The van der Waals surface area contributed by atoms with Crippen molar-refractivity contribution in [2.75, 3.05) is 6.61 Å². The van der Waals surface area contributed by atoms with E-state index >= 15 is 0 Å². The summed E-state index contributed by atoms with van der Waals surface area (Å²) in [6, 6.07) is 11.7. The van der Waals surface area contributed by atoms with Crippen LogP contribution in [0.1, 0.15) is 5.56 Å². The van der Waals surface area contributed by atoms with E-state index in [9.17, 15) is 4.79 Å². The first-order valence-electron chi connectivity index (χ1n) is 6.33. The molecule has 0 aliphatic rings. The molecular weight excluding hydrogens is 407 g/mol. The monoisotopic (exact) mass is 416 g/mol. The number of amidine groups is 1. The second kappa shape index (κ2) is 8.19. The molecule has 0 spiro atoms. The molecule has 8 heteroatoms. The maximum absolute atomic E-state index is 11.6. The van der Waals surface area contributed by atoms with Gasteiger partial charge in [-0.25, -0.2) is 4.79 Å². The Morgan fingerprint density at radius 2 is 1.96 bits per heavy atom. The summed E-state index contributed by atoms with van der Waals surface area (Å²) >= 11 is 15.1. The van der Waals surface area contributed by atoms with E-state index in [1.807, 2.05) is 0 Å². The highest BCUT2D eigenvalue weighted by molar-refractivity contribution is 9.10. The number of rotatable bonds is 5. The van der Waals surface area contributed by atoms with Gasteiger partial charge in [0, 0.05) is 10.6 Å². The average Bonchev–Trinajstić information content (AvgIpc) is 2.52. The van der Waals surface area contributed by atoms with Gasteiger partial charge in [-0.3, -0.25) is 0 Å². The summed E-state index contributed by atoms with van der Waals surface area (Å²) in [6.07, 6.45) is 0. The first kappa shape index (κ1) is 17.6. The van der Waals surface area contributed by atoms with Crippen LogP contribution in [0, 0.1) is 0 Å². The van der Waals surface area contributed by atoms with E-state index in [0.717, 1.165) is 0 Å². The van der Waals surface area contributed by atoms with Crippen molar-refractivity contribution in [3.8, 4) is 5.75 Å². The Labute approximate surface area is 151 Å². The zero-order valence-corrected chi connectivity index (χ0v) is 14.7. The molecule has 0 aliphatic carbocycles. The molecule has 2 aromatic rings. The lowest BCUT2D eigenvalue weighted by atomic mass is 10.2. The van der Waals surface area contributed by atoms with Gasteiger partial charge in [-0.15, -0.1) is 0 Å². The number of carbonyl (C=O) groups is 1. The van der Waals surface area contributed by atoms with Gasteiger partial charge in [0.1, 0.15) is 5.75 Å². The van der Waals surface area contributed by atoms with Crippen LogP contribution in [-0.2, 0) is 9.63 Å². The molecule has 0 radical (unpaired) electrons. The lowest BCUT2D eigenvalue weighted by Gasteiger charge is -2.07. The van der Waals surface area contributed by atoms with Gasteiger partial charge in [0.2, 0.25) is 0 Å². The maximum Gasteiger partial charge on any atom is 0.372 e. The Kier molecular flexibility index (Phi) is 6.27. The second-order valence-electron chi connectivity index (χ2n) is 4.28. The van der Waals surface area contributed by atoms with Gasteiger partial charge in [-0.1, -0.05) is 40.5 Å². The topological polar surface area (TPSA) is 73.9 Å². The first-order chi connectivity index (χ1) is 11.0. The highest BCUT2D eigenvalue weighted by Crippen LogP contribution is 2.27. The smallest absolute Gasteiger partial charge is 0.372 e. The molecule has 0 saturated heterocycles. The van der Waals surface area contributed by atoms with Crippen molar-refractivity contribution in [2.24, 2.45) is 10.9 Å². The predicted octanol–water partition coefficient (Wildman–Crippen LogP) is 4.00. The zero-order valence-electron chi connectivity index (χ0n) is 11.6. The number of benzene rings is 2. The van der Waals surface area contributed by atoms with Gasteiger partial charge < -0.3 is 15.3 Å². The van der Waals surface area contributed by atoms with Gasteiger partial charge >= 0.3 is 5.97 Å². The van der Waals surface area contributed by atoms with E-state index < -0.39 is 5.97 Å². The molecule has 0 fully saturated rings. The minimum atomic E-state index is -0.707. The maximum atomic E-state index is 11.6. The Morgan fingerprint density at radius 1 is 1.22 bits per heavy atom. The van der Waals surface area contributed by atoms with Crippen LogP contribution in [-0.4, -0.2) is 18.4 Å². The lowest BCUT2D eigenvalue weighted by molar-refractivity contribution is -0.146. The molecule has 0 atom stereocenters. The number of oxime groups is 1. The molecule has 0 heterocycles. The molecule has 0 unspecified atom stereocenters. The van der Waals surface area contributed by atoms with E-state index in [-0.39, 0.29) is 12.4 Å². The van der Waals surface area contributed by atoms with Crippen LogP contribution in [0.3, 0.4) is 0 Å². The Morgan fingerprint density at radius 3 is 2.65 bits per heavy atom. The van der Waals surface area contributed by atoms with Crippen LogP contribution in [0.25, 0.3) is 0 Å². The molecule has 0 saturated carbocycles. The summed E-state index contributed by atoms with van der Waals surface area (Å²) in [5.74, 6) is -0.257. The van der Waals surface area contributed by atoms with Gasteiger partial charge in [0.05, 0.1) is 9.50 Å². The van der Waals surface area contributed by atoms with Crippen molar-refractivity contribution < 1.29 is 14.4 Å². The number of nitrogens with two attached hydrogens (primary N) is 1. The zero-order chi connectivity index (χ0) is 16.8. The van der Waals surface area contributed by atoms with E-state index in [1.54, 1.807) is 42.5 Å². The largest absolute Gasteiger partial charge is 0.481 e. The highest BCUT2D eigenvalue weighted by Gasteiger charge is 2.09. The van der Waals surface area contributed by atoms with E-state index in [1.165, 1.54) is 0 Å². The van der Waals surface area contributed by atoms with E-state index in [2.05, 4.69) is 21.1 Å². The van der Waals surface area contributed by atoms with Crippen molar-refractivity contribution in [2.45, 2.75) is 0 Å². The summed E-state index contributed by atoms with van der Waals surface area (Å²) in [5, 5.41) is 4.51. The molecule has 0 aromatic heterocycles. The Bertz CT molecular complexity index is 753. The molecule has 0 aliphatic heterocycles. The Hall–Kier alpha value is -1.76. The van der Waals surface area contributed by atoms with Crippen molar-refractivity contribution in [1.82, 2.24) is 0 Å². The van der Waals surface area contributed by atoms with Gasteiger partial charge in [0.25, 0.3) is 0 Å². The van der Waals surface area contributed by atoms with Gasteiger partial charge in [-0.2, -0.15) is 0 Å². The molecule has 2 rings (SSSR count). The number of carbonyl (C=O) groups excluding carboxylic acids is 1. The van der Waals surface area contributed by atoms with Crippen LogP contribution in [0.5, 0.6) is 5.75 Å². The molecule has 2 aromatic carbocycles. The summed E-state index contributed by atoms with van der Waals surface area (Å²) in [5.41, 5.74) is 6.19. The summed E-state index contributed by atoms with van der Waals surface area (Å²) in [7, 11) is 0. The quantitative estimate of drug-likeness (QED) is 0.345. The third kappa shape index (κ3) is 5.13. The summed E-state index contributed by atoms with van der Waals surface area (Å²) in [4.78, 5) is 16.3. The summed E-state index contributed by atoms with van der Waals surface area (Å²) < 4.78 is 5.92. The number of hydrogen-bond donors (Lipinski definition) is 1. The third-order valence-electron chi connectivity index (χ3n) is 2.64. The molecule has 0 amide bonds. The van der Waals surface area contributed by atoms with E-state index in [4.69, 9.17) is 38.5 Å². The van der Waals surface area contributed by atoms with Gasteiger partial charge in [0.15, 0.2) is 12.4 Å². The summed E-state index contributed by atoms with van der Waals surface area (Å²) in [6.45, 7) is -0.334. The molecular formula is C15H11BrCl2N2O3. The van der Waals surface area contributed by atoms with Crippen LogP contribution < -0.4 is 10.5 Å². The fraction of sp³-hybridized carbons (Fsp3) is 0.0667. The van der Waals surface area contributed by atoms with E-state index in [0.29, 0.717) is 25.8 Å². The third-order valence-corrected chi connectivity index (χ3v) is 3.82. The van der Waals surface area contributed by atoms with Crippen LogP contribution >= 0.6 is 39.1 Å². The average molecular weight is 418 g/mol.